The molecule has 0 aromatic rings. The standard InChI is InChI=1S/C8H14BNO3/c1-2-13-8(12)10-4-3-6(9)7(11)5-10/h6-7,11H,2-5H2,1H3/t6-,7-/m0/s1. The highest BCUT2D eigenvalue weighted by Crippen LogP contribution is 2.19. The Morgan fingerprint density at radius 1 is 1.77 bits per heavy atom. The van der Waals surface area contributed by atoms with Gasteiger partial charge in [0, 0.05) is 13.1 Å². The number of aliphatic hydroxyl groups excluding tert-OH is 1. The summed E-state index contributed by atoms with van der Waals surface area (Å²) in [6, 6.07) is 0. The second-order valence-corrected chi connectivity index (χ2v) is 3.16. The molecule has 2 radical (unpaired) electrons. The fourth-order valence-electron chi connectivity index (χ4n) is 1.33. The van der Waals surface area contributed by atoms with Crippen LogP contribution in [0.5, 0.6) is 0 Å². The molecule has 13 heavy (non-hydrogen) atoms. The summed E-state index contributed by atoms with van der Waals surface area (Å²) in [5, 5.41) is 9.39. The van der Waals surface area contributed by atoms with Crippen molar-refractivity contribution in [2.24, 2.45) is 0 Å². The number of carbonyl (C=O) groups excluding carboxylic acids is 1. The Morgan fingerprint density at radius 3 is 3.00 bits per heavy atom. The van der Waals surface area contributed by atoms with Crippen LogP contribution in [0.3, 0.4) is 0 Å². The Hall–Kier alpha value is -0.705. The van der Waals surface area contributed by atoms with Crippen LogP contribution in [0, 0.1) is 0 Å². The van der Waals surface area contributed by atoms with E-state index in [4.69, 9.17) is 12.6 Å². The largest absolute Gasteiger partial charge is 0.450 e. The third-order valence-corrected chi connectivity index (χ3v) is 2.16. The number of aliphatic hydroxyl groups is 1. The normalized spacial score (nSPS) is 28.6. The van der Waals surface area contributed by atoms with Crippen molar-refractivity contribution in [2.75, 3.05) is 19.7 Å². The zero-order valence-electron chi connectivity index (χ0n) is 7.77. The average molecular weight is 183 g/mol. The molecule has 1 fully saturated rings. The molecule has 0 unspecified atom stereocenters. The Kier molecular flexibility index (Phi) is 3.60. The van der Waals surface area contributed by atoms with Crippen molar-refractivity contribution in [3.63, 3.8) is 0 Å². The lowest BCUT2D eigenvalue weighted by molar-refractivity contribution is 0.0518. The van der Waals surface area contributed by atoms with Gasteiger partial charge < -0.3 is 14.7 Å². The van der Waals surface area contributed by atoms with E-state index in [0.717, 1.165) is 0 Å². The van der Waals surface area contributed by atoms with Crippen LogP contribution in [0.25, 0.3) is 0 Å². The molecule has 1 amide bonds. The van der Waals surface area contributed by atoms with Crippen LogP contribution in [0.4, 0.5) is 4.79 Å². The highest BCUT2D eigenvalue weighted by atomic mass is 16.6. The minimum Gasteiger partial charge on any atom is -0.450 e. The molecule has 0 aromatic heterocycles. The van der Waals surface area contributed by atoms with E-state index in [9.17, 15) is 9.90 Å². The van der Waals surface area contributed by atoms with Gasteiger partial charge in [-0.25, -0.2) is 4.79 Å². The van der Waals surface area contributed by atoms with E-state index in [2.05, 4.69) is 0 Å². The van der Waals surface area contributed by atoms with Gasteiger partial charge in [-0.15, -0.1) is 0 Å². The van der Waals surface area contributed by atoms with Crippen molar-refractivity contribution in [1.29, 1.82) is 0 Å². The van der Waals surface area contributed by atoms with Crippen molar-refractivity contribution in [1.82, 2.24) is 4.90 Å². The van der Waals surface area contributed by atoms with Gasteiger partial charge in [-0.1, -0.05) is 0 Å². The summed E-state index contributed by atoms with van der Waals surface area (Å²) in [7, 11) is 5.59. The summed E-state index contributed by atoms with van der Waals surface area (Å²) < 4.78 is 4.80. The second kappa shape index (κ2) is 4.51. The minimum absolute atomic E-state index is 0.217. The second-order valence-electron chi connectivity index (χ2n) is 3.16. The van der Waals surface area contributed by atoms with Crippen molar-refractivity contribution in [2.45, 2.75) is 25.3 Å². The number of piperidine rings is 1. The third-order valence-electron chi connectivity index (χ3n) is 2.16. The van der Waals surface area contributed by atoms with Gasteiger partial charge in [-0.2, -0.15) is 0 Å². The summed E-state index contributed by atoms with van der Waals surface area (Å²) in [4.78, 5) is 12.7. The lowest BCUT2D eigenvalue weighted by Gasteiger charge is -2.33. The van der Waals surface area contributed by atoms with E-state index in [1.54, 1.807) is 6.92 Å². The van der Waals surface area contributed by atoms with E-state index in [1.165, 1.54) is 4.90 Å². The molecule has 1 rings (SSSR count). The van der Waals surface area contributed by atoms with E-state index in [1.807, 2.05) is 0 Å². The summed E-state index contributed by atoms with van der Waals surface area (Å²) in [5.41, 5.74) is 0. The molecule has 1 saturated heterocycles. The van der Waals surface area contributed by atoms with Gasteiger partial charge in [-0.3, -0.25) is 0 Å². The molecule has 72 valence electrons. The predicted octanol–water partition coefficient (Wildman–Crippen LogP) is 0.166. The van der Waals surface area contributed by atoms with Gasteiger partial charge >= 0.3 is 6.09 Å². The lowest BCUT2D eigenvalue weighted by atomic mass is 9.77. The summed E-state index contributed by atoms with van der Waals surface area (Å²) in [5.74, 6) is -0.217. The van der Waals surface area contributed by atoms with E-state index in [0.29, 0.717) is 19.6 Å². The van der Waals surface area contributed by atoms with Gasteiger partial charge in [0.1, 0.15) is 0 Å². The minimum atomic E-state index is -0.627. The maximum atomic E-state index is 11.2. The molecule has 1 aliphatic heterocycles. The number of β-amino-alcohol motifs (C(OH)–C–C–N with tert-alkyl or cyclic N) is 1. The maximum absolute atomic E-state index is 11.2. The van der Waals surface area contributed by atoms with Crippen LogP contribution in [-0.4, -0.2) is 49.7 Å². The number of carbonyl (C=O) groups is 1. The molecule has 2 atom stereocenters. The van der Waals surface area contributed by atoms with Crippen molar-refractivity contribution in [3.8, 4) is 0 Å². The zero-order chi connectivity index (χ0) is 9.84. The number of rotatable bonds is 1. The summed E-state index contributed by atoms with van der Waals surface area (Å²) in [6.45, 7) is 2.96. The molecule has 0 saturated carbocycles. The first-order valence-electron chi connectivity index (χ1n) is 4.50. The summed E-state index contributed by atoms with van der Waals surface area (Å²) >= 11 is 0. The smallest absolute Gasteiger partial charge is 0.409 e. The maximum Gasteiger partial charge on any atom is 0.409 e. The zero-order valence-corrected chi connectivity index (χ0v) is 7.77. The van der Waals surface area contributed by atoms with Crippen molar-refractivity contribution < 1.29 is 14.6 Å². The first-order valence-corrected chi connectivity index (χ1v) is 4.50. The quantitative estimate of drug-likeness (QED) is 0.589. The van der Waals surface area contributed by atoms with Gasteiger partial charge in [0.2, 0.25) is 0 Å². The molecular formula is C8H14BNO3. The Labute approximate surface area is 79.3 Å². The van der Waals surface area contributed by atoms with Crippen LogP contribution >= 0.6 is 0 Å². The highest BCUT2D eigenvalue weighted by Gasteiger charge is 2.27. The topological polar surface area (TPSA) is 49.8 Å². The highest BCUT2D eigenvalue weighted by molar-refractivity contribution is 6.12. The Bertz CT molecular complexity index is 188. The van der Waals surface area contributed by atoms with E-state index in [-0.39, 0.29) is 18.5 Å². The van der Waals surface area contributed by atoms with E-state index >= 15 is 0 Å². The molecule has 0 bridgehead atoms. The number of likely N-dealkylation sites (tertiary alicyclic amines) is 1. The lowest BCUT2D eigenvalue weighted by Crippen LogP contribution is -2.45. The monoisotopic (exact) mass is 183 g/mol. The molecule has 0 aromatic carbocycles. The predicted molar refractivity (Wildman–Crippen MR) is 48.7 cm³/mol. The summed E-state index contributed by atoms with van der Waals surface area (Å²) in [6.07, 6.45) is -0.369. The molecule has 1 aliphatic rings. The van der Waals surface area contributed by atoms with Gasteiger partial charge in [0.05, 0.1) is 20.6 Å². The molecule has 5 heteroatoms. The number of amides is 1. The average Bonchev–Trinajstić information content (AvgIpc) is 2.10. The molecule has 1 N–H and O–H groups in total. The SMILES string of the molecule is [B][C@H]1CCN(C(=O)OCC)C[C@@H]1O. The Morgan fingerprint density at radius 2 is 2.46 bits per heavy atom. The van der Waals surface area contributed by atoms with Crippen LogP contribution in [0.2, 0.25) is 5.82 Å². The fraction of sp³-hybridized carbons (Fsp3) is 0.875. The van der Waals surface area contributed by atoms with Crippen LogP contribution in [0.1, 0.15) is 13.3 Å². The molecular weight excluding hydrogens is 169 g/mol. The van der Waals surface area contributed by atoms with Crippen molar-refractivity contribution >= 4 is 13.9 Å². The van der Waals surface area contributed by atoms with Crippen LogP contribution in [0.15, 0.2) is 0 Å². The first-order chi connectivity index (χ1) is 6.15. The number of ether oxygens (including phenoxy) is 1. The molecule has 0 spiro atoms. The van der Waals surface area contributed by atoms with Gasteiger partial charge in [0.25, 0.3) is 0 Å². The molecule has 1 heterocycles. The fourth-order valence-corrected chi connectivity index (χ4v) is 1.33. The number of hydrogen-bond acceptors (Lipinski definition) is 3. The molecule has 0 aliphatic carbocycles. The number of hydrogen-bond donors (Lipinski definition) is 1. The van der Waals surface area contributed by atoms with Gasteiger partial charge in [-0.05, 0) is 19.2 Å². The molecule has 4 nitrogen and oxygen atoms in total. The number of nitrogens with zero attached hydrogens (tertiary/aromatic N) is 1. The van der Waals surface area contributed by atoms with Gasteiger partial charge in [0.15, 0.2) is 0 Å². The van der Waals surface area contributed by atoms with Crippen LogP contribution in [-0.2, 0) is 4.74 Å². The van der Waals surface area contributed by atoms with Crippen LogP contribution < -0.4 is 0 Å². The third kappa shape index (κ3) is 2.62. The Balaban J connectivity index is 2.40. The first kappa shape index (κ1) is 10.4. The van der Waals surface area contributed by atoms with E-state index < -0.39 is 6.10 Å². The van der Waals surface area contributed by atoms with Crippen molar-refractivity contribution in [3.05, 3.63) is 0 Å².